The molecule has 0 spiro atoms. The van der Waals surface area contributed by atoms with Crippen molar-refractivity contribution in [2.75, 3.05) is 44.8 Å². The number of anilines is 1. The summed E-state index contributed by atoms with van der Waals surface area (Å²) in [5.41, 5.74) is 3.04. The summed E-state index contributed by atoms with van der Waals surface area (Å²) >= 11 is 1.57. The van der Waals surface area contributed by atoms with Gasteiger partial charge in [0, 0.05) is 42.8 Å². The number of carbonyl (C=O) groups excluding carboxylic acids is 1. The maximum absolute atomic E-state index is 12.9. The molecule has 0 saturated carbocycles. The number of rotatable bonds is 7. The van der Waals surface area contributed by atoms with Gasteiger partial charge in [0.25, 0.3) is 0 Å². The first-order chi connectivity index (χ1) is 15.7. The number of hydrogen-bond acceptors (Lipinski definition) is 6. The molecule has 7 heteroatoms. The van der Waals surface area contributed by atoms with Crippen molar-refractivity contribution in [1.29, 1.82) is 0 Å². The topological polar surface area (TPSA) is 54.9 Å². The van der Waals surface area contributed by atoms with E-state index in [2.05, 4.69) is 17.0 Å². The standard InChI is InChI=1S/C25H29N3O3S/c1-3-31-23-9-5-19(6-10-23)25-26-20(18-32-25)17-24(29)28-14-4-13-27(15-16-28)21-7-11-22(30-2)12-8-21/h5-12,18H,3-4,13-17H2,1-2H3. The summed E-state index contributed by atoms with van der Waals surface area (Å²) in [5.74, 6) is 1.85. The third-order valence-electron chi connectivity index (χ3n) is 5.58. The molecule has 1 amide bonds. The molecule has 2 heterocycles. The van der Waals surface area contributed by atoms with Crippen molar-refractivity contribution in [3.63, 3.8) is 0 Å². The maximum Gasteiger partial charge on any atom is 0.228 e. The summed E-state index contributed by atoms with van der Waals surface area (Å²) in [6, 6.07) is 16.0. The van der Waals surface area contributed by atoms with E-state index in [0.717, 1.165) is 60.4 Å². The number of amides is 1. The largest absolute Gasteiger partial charge is 0.497 e. The monoisotopic (exact) mass is 451 g/mol. The first-order valence-electron chi connectivity index (χ1n) is 11.0. The Hall–Kier alpha value is -3.06. The molecule has 0 unspecified atom stereocenters. The highest BCUT2D eigenvalue weighted by molar-refractivity contribution is 7.13. The average molecular weight is 452 g/mol. The van der Waals surface area contributed by atoms with Crippen molar-refractivity contribution in [3.05, 3.63) is 59.6 Å². The van der Waals surface area contributed by atoms with Gasteiger partial charge in [0.05, 0.1) is 25.8 Å². The van der Waals surface area contributed by atoms with Crippen LogP contribution in [0.1, 0.15) is 19.0 Å². The fourth-order valence-corrected chi connectivity index (χ4v) is 4.69. The number of hydrogen-bond donors (Lipinski definition) is 0. The Morgan fingerprint density at radius 1 is 1.00 bits per heavy atom. The predicted octanol–water partition coefficient (Wildman–Crippen LogP) is 4.50. The second-order valence-corrected chi connectivity index (χ2v) is 8.56. The number of nitrogens with zero attached hydrogens (tertiary/aromatic N) is 3. The number of methoxy groups -OCH3 is 1. The molecule has 1 aliphatic rings. The smallest absolute Gasteiger partial charge is 0.228 e. The molecule has 2 aromatic carbocycles. The second-order valence-electron chi connectivity index (χ2n) is 7.70. The molecular formula is C25H29N3O3S. The lowest BCUT2D eigenvalue weighted by Gasteiger charge is -2.23. The molecular weight excluding hydrogens is 422 g/mol. The molecule has 0 aliphatic carbocycles. The summed E-state index contributed by atoms with van der Waals surface area (Å²) in [6.45, 7) is 5.89. The van der Waals surface area contributed by atoms with E-state index >= 15 is 0 Å². The fourth-order valence-electron chi connectivity index (χ4n) is 3.87. The van der Waals surface area contributed by atoms with Crippen LogP contribution in [0.25, 0.3) is 10.6 Å². The van der Waals surface area contributed by atoms with Crippen molar-refractivity contribution in [3.8, 4) is 22.1 Å². The molecule has 1 aliphatic heterocycles. The van der Waals surface area contributed by atoms with Crippen LogP contribution in [0.5, 0.6) is 11.5 Å². The minimum atomic E-state index is 0.144. The second kappa shape index (κ2) is 10.5. The first-order valence-corrected chi connectivity index (χ1v) is 11.9. The summed E-state index contributed by atoms with van der Waals surface area (Å²) in [7, 11) is 1.67. The molecule has 6 nitrogen and oxygen atoms in total. The van der Waals surface area contributed by atoms with Crippen LogP contribution in [0, 0.1) is 0 Å². The van der Waals surface area contributed by atoms with Crippen LogP contribution in [0.3, 0.4) is 0 Å². The first kappa shape index (κ1) is 22.1. The van der Waals surface area contributed by atoms with Crippen LogP contribution < -0.4 is 14.4 Å². The van der Waals surface area contributed by atoms with E-state index in [1.165, 1.54) is 5.69 Å². The molecule has 4 rings (SSSR count). The number of ether oxygens (including phenoxy) is 2. The Morgan fingerprint density at radius 3 is 2.47 bits per heavy atom. The Balaban J connectivity index is 1.34. The number of aromatic nitrogens is 1. The van der Waals surface area contributed by atoms with Crippen LogP contribution in [0.4, 0.5) is 5.69 Å². The minimum absolute atomic E-state index is 0.144. The molecule has 168 valence electrons. The highest BCUT2D eigenvalue weighted by Gasteiger charge is 2.20. The van der Waals surface area contributed by atoms with Gasteiger partial charge in [0.15, 0.2) is 0 Å². The maximum atomic E-state index is 12.9. The summed E-state index contributed by atoms with van der Waals surface area (Å²) in [4.78, 5) is 22.0. The van der Waals surface area contributed by atoms with E-state index in [1.807, 2.05) is 53.6 Å². The van der Waals surface area contributed by atoms with Crippen molar-refractivity contribution >= 4 is 22.9 Å². The fraction of sp³-hybridized carbons (Fsp3) is 0.360. The zero-order valence-electron chi connectivity index (χ0n) is 18.6. The molecule has 0 atom stereocenters. The molecule has 1 aromatic heterocycles. The van der Waals surface area contributed by atoms with E-state index in [-0.39, 0.29) is 5.91 Å². The minimum Gasteiger partial charge on any atom is -0.497 e. The van der Waals surface area contributed by atoms with Gasteiger partial charge in [0.1, 0.15) is 16.5 Å². The highest BCUT2D eigenvalue weighted by Crippen LogP contribution is 2.26. The predicted molar refractivity (Wildman–Crippen MR) is 129 cm³/mol. The van der Waals surface area contributed by atoms with Crippen molar-refractivity contribution < 1.29 is 14.3 Å². The zero-order chi connectivity index (χ0) is 22.3. The SMILES string of the molecule is CCOc1ccc(-c2nc(CC(=O)N3CCCN(c4ccc(OC)cc4)CC3)cs2)cc1. The number of benzene rings is 2. The Bertz CT molecular complexity index is 1020. The van der Waals surface area contributed by atoms with Crippen molar-refractivity contribution in [2.45, 2.75) is 19.8 Å². The zero-order valence-corrected chi connectivity index (χ0v) is 19.4. The lowest BCUT2D eigenvalue weighted by molar-refractivity contribution is -0.130. The number of carbonyl (C=O) groups is 1. The van der Waals surface area contributed by atoms with Gasteiger partial charge < -0.3 is 19.3 Å². The lowest BCUT2D eigenvalue weighted by atomic mass is 10.2. The summed E-state index contributed by atoms with van der Waals surface area (Å²) in [6.07, 6.45) is 1.29. The Kier molecular flexibility index (Phi) is 7.27. The highest BCUT2D eigenvalue weighted by atomic mass is 32.1. The molecule has 3 aromatic rings. The van der Waals surface area contributed by atoms with E-state index in [0.29, 0.717) is 13.0 Å². The van der Waals surface area contributed by atoms with E-state index in [9.17, 15) is 4.79 Å². The van der Waals surface area contributed by atoms with E-state index in [4.69, 9.17) is 14.5 Å². The molecule has 0 radical (unpaired) electrons. The van der Waals surface area contributed by atoms with Crippen LogP contribution >= 0.6 is 11.3 Å². The van der Waals surface area contributed by atoms with Gasteiger partial charge in [-0.25, -0.2) is 4.98 Å². The average Bonchev–Trinajstić information content (AvgIpc) is 3.14. The van der Waals surface area contributed by atoms with Crippen molar-refractivity contribution in [1.82, 2.24) is 9.88 Å². The molecule has 1 saturated heterocycles. The van der Waals surface area contributed by atoms with Crippen LogP contribution in [-0.2, 0) is 11.2 Å². The normalized spacial score (nSPS) is 14.2. The third-order valence-corrected chi connectivity index (χ3v) is 6.52. The van der Waals surface area contributed by atoms with Gasteiger partial charge in [-0.2, -0.15) is 0 Å². The van der Waals surface area contributed by atoms with Gasteiger partial charge in [-0.05, 0) is 61.9 Å². The Labute approximate surface area is 193 Å². The van der Waals surface area contributed by atoms with Gasteiger partial charge in [-0.1, -0.05) is 0 Å². The Morgan fingerprint density at radius 2 is 1.75 bits per heavy atom. The van der Waals surface area contributed by atoms with Gasteiger partial charge in [0.2, 0.25) is 5.91 Å². The summed E-state index contributed by atoms with van der Waals surface area (Å²) in [5, 5.41) is 2.92. The molecule has 32 heavy (non-hydrogen) atoms. The third kappa shape index (κ3) is 5.40. The number of thiazole rings is 1. The van der Waals surface area contributed by atoms with Gasteiger partial charge in [-0.15, -0.1) is 11.3 Å². The van der Waals surface area contributed by atoms with Crippen molar-refractivity contribution in [2.24, 2.45) is 0 Å². The molecule has 1 fully saturated rings. The van der Waals surface area contributed by atoms with E-state index < -0.39 is 0 Å². The van der Waals surface area contributed by atoms with E-state index in [1.54, 1.807) is 18.4 Å². The van der Waals surface area contributed by atoms with Crippen LogP contribution in [0.2, 0.25) is 0 Å². The molecule has 0 bridgehead atoms. The van der Waals surface area contributed by atoms with Crippen LogP contribution in [0.15, 0.2) is 53.9 Å². The van der Waals surface area contributed by atoms with Gasteiger partial charge >= 0.3 is 0 Å². The van der Waals surface area contributed by atoms with Crippen LogP contribution in [-0.4, -0.2) is 55.7 Å². The summed E-state index contributed by atoms with van der Waals surface area (Å²) < 4.78 is 10.8. The lowest BCUT2D eigenvalue weighted by Crippen LogP contribution is -2.36. The van der Waals surface area contributed by atoms with Gasteiger partial charge in [-0.3, -0.25) is 4.79 Å². The quantitative estimate of drug-likeness (QED) is 0.529. The molecule has 0 N–H and O–H groups in total.